The molecule has 0 bridgehead atoms. The van der Waals surface area contributed by atoms with E-state index in [9.17, 15) is 13.2 Å². The van der Waals surface area contributed by atoms with Crippen LogP contribution in [-0.4, -0.2) is 26.9 Å². The third kappa shape index (κ3) is 5.31. The third-order valence-corrected chi connectivity index (χ3v) is 5.36. The van der Waals surface area contributed by atoms with E-state index in [0.29, 0.717) is 12.2 Å². The van der Waals surface area contributed by atoms with Crippen molar-refractivity contribution in [2.24, 2.45) is 0 Å². The monoisotopic (exact) mass is 426 g/mol. The van der Waals surface area contributed by atoms with Gasteiger partial charge in [0, 0.05) is 12.0 Å². The van der Waals surface area contributed by atoms with Gasteiger partial charge in [-0.15, -0.1) is 21.5 Å². The summed E-state index contributed by atoms with van der Waals surface area (Å²) in [6.45, 7) is 6.27. The minimum absolute atomic E-state index is 0.0985. The van der Waals surface area contributed by atoms with E-state index in [0.717, 1.165) is 52.6 Å². The van der Waals surface area contributed by atoms with Gasteiger partial charge in [0.25, 0.3) is 0 Å². The van der Waals surface area contributed by atoms with Crippen molar-refractivity contribution < 1.29 is 22.4 Å². The maximum Gasteiger partial charge on any atom is 0.471 e. The van der Waals surface area contributed by atoms with Gasteiger partial charge in [0.1, 0.15) is 15.8 Å². The van der Waals surface area contributed by atoms with Crippen LogP contribution in [0.5, 0.6) is 5.75 Å². The minimum atomic E-state index is -4.66. The first-order chi connectivity index (χ1) is 13.8. The van der Waals surface area contributed by atoms with Crippen LogP contribution in [0.15, 0.2) is 16.7 Å². The number of benzene rings is 1. The third-order valence-electron chi connectivity index (χ3n) is 4.23. The molecule has 0 spiro atoms. The predicted octanol–water partition coefficient (Wildman–Crippen LogP) is 5.19. The lowest BCUT2D eigenvalue weighted by Gasteiger charge is -2.13. The lowest BCUT2D eigenvalue weighted by Crippen LogP contribution is -2.05. The molecule has 0 saturated carbocycles. The first kappa shape index (κ1) is 21.2. The molecule has 0 aliphatic rings. The Hall–Kier alpha value is -2.49. The molecular weight excluding hydrogens is 405 g/mol. The topological polar surface area (TPSA) is 73.9 Å². The number of nitrogens with zero attached hydrogens (tertiary/aromatic N) is 4. The number of hydrogen-bond acceptors (Lipinski definition) is 7. The zero-order chi connectivity index (χ0) is 21.0. The SMILES string of the molecule is CCc1nnc(CCCCOc2c(C)cc(-c3noc(C(F)(F)F)n3)cc2C)s1. The first-order valence-corrected chi connectivity index (χ1v) is 10.1. The predicted molar refractivity (Wildman–Crippen MR) is 102 cm³/mol. The molecule has 156 valence electrons. The van der Waals surface area contributed by atoms with E-state index in [1.54, 1.807) is 23.5 Å². The van der Waals surface area contributed by atoms with Gasteiger partial charge in [-0.1, -0.05) is 12.1 Å². The summed E-state index contributed by atoms with van der Waals surface area (Å²) in [5.74, 6) is -0.735. The van der Waals surface area contributed by atoms with Gasteiger partial charge < -0.3 is 9.26 Å². The quantitative estimate of drug-likeness (QED) is 0.462. The van der Waals surface area contributed by atoms with Crippen LogP contribution < -0.4 is 4.74 Å². The Morgan fingerprint density at radius 3 is 2.34 bits per heavy atom. The van der Waals surface area contributed by atoms with Crippen LogP contribution in [0.4, 0.5) is 13.2 Å². The van der Waals surface area contributed by atoms with Crippen LogP contribution >= 0.6 is 11.3 Å². The molecule has 0 fully saturated rings. The molecule has 29 heavy (non-hydrogen) atoms. The molecule has 0 aliphatic carbocycles. The number of unbranched alkanes of at least 4 members (excludes halogenated alkanes) is 1. The fourth-order valence-corrected chi connectivity index (χ4v) is 3.67. The Labute approximate surface area is 170 Å². The highest BCUT2D eigenvalue weighted by Crippen LogP contribution is 2.32. The molecule has 0 aliphatic heterocycles. The number of alkyl halides is 3. The number of aromatic nitrogens is 4. The lowest BCUT2D eigenvalue weighted by atomic mass is 10.1. The van der Waals surface area contributed by atoms with Crippen molar-refractivity contribution in [3.05, 3.63) is 39.2 Å². The highest BCUT2D eigenvalue weighted by molar-refractivity contribution is 7.11. The second kappa shape index (κ2) is 8.89. The van der Waals surface area contributed by atoms with E-state index in [4.69, 9.17) is 4.74 Å². The van der Waals surface area contributed by atoms with Gasteiger partial charge in [0.2, 0.25) is 5.82 Å². The highest BCUT2D eigenvalue weighted by atomic mass is 32.1. The smallest absolute Gasteiger partial charge is 0.471 e. The van der Waals surface area contributed by atoms with Gasteiger partial charge in [-0.3, -0.25) is 0 Å². The van der Waals surface area contributed by atoms with Gasteiger partial charge in [-0.25, -0.2) is 0 Å². The molecular formula is C19H21F3N4O2S. The molecule has 3 aromatic rings. The largest absolute Gasteiger partial charge is 0.493 e. The maximum absolute atomic E-state index is 12.6. The summed E-state index contributed by atoms with van der Waals surface area (Å²) in [6.07, 6.45) is -1.09. The average Bonchev–Trinajstić information content (AvgIpc) is 3.32. The molecule has 2 heterocycles. The first-order valence-electron chi connectivity index (χ1n) is 9.24. The van der Waals surface area contributed by atoms with Gasteiger partial charge in [0.05, 0.1) is 6.61 Å². The fourth-order valence-electron chi connectivity index (χ4n) is 2.85. The van der Waals surface area contributed by atoms with Crippen molar-refractivity contribution in [3.8, 4) is 17.1 Å². The molecule has 0 unspecified atom stereocenters. The maximum atomic E-state index is 12.6. The summed E-state index contributed by atoms with van der Waals surface area (Å²) < 4.78 is 48.1. The summed E-state index contributed by atoms with van der Waals surface area (Å²) in [5, 5.41) is 13.8. The lowest BCUT2D eigenvalue weighted by molar-refractivity contribution is -0.159. The molecule has 6 nitrogen and oxygen atoms in total. The van der Waals surface area contributed by atoms with E-state index >= 15 is 0 Å². The Morgan fingerprint density at radius 2 is 1.76 bits per heavy atom. The van der Waals surface area contributed by atoms with Gasteiger partial charge >= 0.3 is 12.1 Å². The molecule has 0 atom stereocenters. The normalized spacial score (nSPS) is 11.8. The Kier molecular flexibility index (Phi) is 6.51. The Morgan fingerprint density at radius 1 is 1.07 bits per heavy atom. The molecule has 10 heteroatoms. The van der Waals surface area contributed by atoms with Crippen molar-refractivity contribution in [2.75, 3.05) is 6.61 Å². The number of ether oxygens (including phenoxy) is 1. The van der Waals surface area contributed by atoms with Crippen molar-refractivity contribution in [3.63, 3.8) is 0 Å². The van der Waals surface area contributed by atoms with Crippen molar-refractivity contribution in [1.29, 1.82) is 0 Å². The second-order valence-corrected chi connectivity index (χ2v) is 7.76. The highest BCUT2D eigenvalue weighted by Gasteiger charge is 2.38. The number of rotatable bonds is 8. The van der Waals surface area contributed by atoms with Crippen molar-refractivity contribution >= 4 is 11.3 Å². The van der Waals surface area contributed by atoms with Crippen LogP contribution in [0.2, 0.25) is 0 Å². The zero-order valence-electron chi connectivity index (χ0n) is 16.3. The van der Waals surface area contributed by atoms with E-state index < -0.39 is 12.1 Å². The van der Waals surface area contributed by atoms with Crippen LogP contribution in [0.25, 0.3) is 11.4 Å². The molecule has 2 aromatic heterocycles. The van der Waals surface area contributed by atoms with Crippen molar-refractivity contribution in [1.82, 2.24) is 20.3 Å². The number of aryl methyl sites for hydroxylation is 4. The van der Waals surface area contributed by atoms with Crippen LogP contribution in [0.3, 0.4) is 0 Å². The van der Waals surface area contributed by atoms with E-state index in [-0.39, 0.29) is 5.82 Å². The standard InChI is InChI=1S/C19H21F3N4O2S/c1-4-14-24-25-15(29-14)7-5-6-8-27-16-11(2)9-13(10-12(16)3)17-23-18(28-26-17)19(20,21)22/h9-10H,4-8H2,1-3H3. The Balaban J connectivity index is 1.57. The van der Waals surface area contributed by atoms with Gasteiger partial charge in [-0.05, 0) is 56.4 Å². The summed E-state index contributed by atoms with van der Waals surface area (Å²) in [5.41, 5.74) is 2.06. The van der Waals surface area contributed by atoms with Crippen LogP contribution in [0, 0.1) is 13.8 Å². The van der Waals surface area contributed by atoms with Gasteiger partial charge in [0.15, 0.2) is 0 Å². The second-order valence-electron chi connectivity index (χ2n) is 6.61. The van der Waals surface area contributed by atoms with Crippen LogP contribution in [0.1, 0.15) is 46.8 Å². The molecule has 1 aromatic carbocycles. The summed E-state index contributed by atoms with van der Waals surface area (Å²) in [7, 11) is 0. The zero-order valence-corrected chi connectivity index (χ0v) is 17.2. The van der Waals surface area contributed by atoms with E-state index in [2.05, 4.69) is 31.8 Å². The summed E-state index contributed by atoms with van der Waals surface area (Å²) in [4.78, 5) is 3.43. The molecule has 0 N–H and O–H groups in total. The number of halogens is 3. The minimum Gasteiger partial charge on any atom is -0.493 e. The molecule has 0 amide bonds. The molecule has 0 radical (unpaired) electrons. The average molecular weight is 426 g/mol. The molecule has 0 saturated heterocycles. The van der Waals surface area contributed by atoms with E-state index in [1.807, 2.05) is 13.8 Å². The summed E-state index contributed by atoms with van der Waals surface area (Å²) >= 11 is 1.64. The van der Waals surface area contributed by atoms with Crippen molar-refractivity contribution in [2.45, 2.75) is 52.6 Å². The summed E-state index contributed by atoms with van der Waals surface area (Å²) in [6, 6.07) is 3.39. The van der Waals surface area contributed by atoms with Gasteiger partial charge in [-0.2, -0.15) is 18.2 Å². The molecule has 3 rings (SSSR count). The Bertz CT molecular complexity index is 946. The van der Waals surface area contributed by atoms with Crippen LogP contribution in [-0.2, 0) is 19.0 Å². The van der Waals surface area contributed by atoms with E-state index in [1.165, 1.54) is 0 Å². The number of hydrogen-bond donors (Lipinski definition) is 0. The fraction of sp³-hybridized carbons (Fsp3) is 0.474.